The van der Waals surface area contributed by atoms with E-state index < -0.39 is 0 Å². The van der Waals surface area contributed by atoms with E-state index in [1.807, 2.05) is 0 Å². The Hall–Kier alpha value is -0.550. The Morgan fingerprint density at radius 3 is 2.59 bits per heavy atom. The van der Waals surface area contributed by atoms with Crippen LogP contribution in [0.25, 0.3) is 0 Å². The molecular weight excluding hydrogens is 345 g/mol. The molecule has 2 aromatic rings. The van der Waals surface area contributed by atoms with Crippen LogP contribution >= 0.6 is 50.5 Å². The molecule has 0 aliphatic rings. The van der Waals surface area contributed by atoms with Gasteiger partial charge in [0.15, 0.2) is 0 Å². The highest BCUT2D eigenvalue weighted by molar-refractivity contribution is 9.10. The molecule has 0 radical (unpaired) electrons. The van der Waals surface area contributed by atoms with Crippen LogP contribution < -0.4 is 5.32 Å². The molecule has 0 bridgehead atoms. The maximum absolute atomic E-state index is 11.8. The molecule has 2 rings (SSSR count). The van der Waals surface area contributed by atoms with Gasteiger partial charge in [-0.15, -0.1) is 11.3 Å². The Morgan fingerprint density at radius 2 is 2.00 bits per heavy atom. The third-order valence-electron chi connectivity index (χ3n) is 1.97. The van der Waals surface area contributed by atoms with Crippen molar-refractivity contribution in [2.24, 2.45) is 0 Å². The fourth-order valence-corrected chi connectivity index (χ4v) is 2.57. The van der Waals surface area contributed by atoms with Crippen molar-refractivity contribution in [2.75, 3.05) is 5.32 Å². The summed E-state index contributed by atoms with van der Waals surface area (Å²) in [7, 11) is 0. The molecule has 1 aromatic heterocycles. The first-order valence-electron chi connectivity index (χ1n) is 4.58. The average Bonchev–Trinajstić information content (AvgIpc) is 2.70. The van der Waals surface area contributed by atoms with Crippen LogP contribution in [0.5, 0.6) is 0 Å². The second-order valence-electron chi connectivity index (χ2n) is 3.19. The van der Waals surface area contributed by atoms with E-state index in [4.69, 9.17) is 23.2 Å². The van der Waals surface area contributed by atoms with Crippen molar-refractivity contribution in [1.29, 1.82) is 0 Å². The monoisotopic (exact) mass is 349 g/mol. The predicted octanol–water partition coefficient (Wildman–Crippen LogP) is 5.07. The summed E-state index contributed by atoms with van der Waals surface area (Å²) in [6.07, 6.45) is 0. The first-order valence-corrected chi connectivity index (χ1v) is 6.94. The number of hydrogen-bond donors (Lipinski definition) is 1. The summed E-state index contributed by atoms with van der Waals surface area (Å²) in [5.74, 6) is -0.194. The minimum Gasteiger partial charge on any atom is -0.321 e. The smallest absolute Gasteiger partial charge is 0.265 e. The van der Waals surface area contributed by atoms with Crippen molar-refractivity contribution in [3.05, 3.63) is 49.0 Å². The van der Waals surface area contributed by atoms with E-state index in [1.54, 1.807) is 30.3 Å². The van der Waals surface area contributed by atoms with Crippen LogP contribution in [-0.2, 0) is 0 Å². The molecule has 0 aliphatic heterocycles. The number of halogens is 3. The minimum atomic E-state index is -0.194. The Kier molecular flexibility index (Phi) is 4.09. The number of rotatable bonds is 2. The molecule has 1 N–H and O–H groups in total. The number of hydrogen-bond acceptors (Lipinski definition) is 2. The standard InChI is InChI=1S/C11H6BrCl2NOS/c12-7-2-1-6(5-8(7)13)15-11(16)9-3-4-10(14)17-9/h1-5H,(H,15,16). The highest BCUT2D eigenvalue weighted by Gasteiger charge is 2.09. The Balaban J connectivity index is 2.15. The Morgan fingerprint density at radius 1 is 1.24 bits per heavy atom. The summed E-state index contributed by atoms with van der Waals surface area (Å²) < 4.78 is 1.38. The maximum atomic E-state index is 11.8. The molecule has 0 fully saturated rings. The normalized spacial score (nSPS) is 10.3. The number of anilines is 1. The van der Waals surface area contributed by atoms with E-state index in [1.165, 1.54) is 11.3 Å². The summed E-state index contributed by atoms with van der Waals surface area (Å²) in [5.41, 5.74) is 0.646. The molecule has 1 amide bonds. The molecular formula is C11H6BrCl2NOS. The molecule has 1 heterocycles. The maximum Gasteiger partial charge on any atom is 0.265 e. The van der Waals surface area contributed by atoms with Gasteiger partial charge in [0.1, 0.15) is 0 Å². The van der Waals surface area contributed by atoms with Gasteiger partial charge in [-0.3, -0.25) is 4.79 Å². The molecule has 17 heavy (non-hydrogen) atoms. The summed E-state index contributed by atoms with van der Waals surface area (Å²) in [4.78, 5) is 12.4. The SMILES string of the molecule is O=C(Nc1ccc(Br)c(Cl)c1)c1ccc(Cl)s1. The molecule has 0 saturated carbocycles. The van der Waals surface area contributed by atoms with Gasteiger partial charge in [0.25, 0.3) is 5.91 Å². The second kappa shape index (κ2) is 5.40. The van der Waals surface area contributed by atoms with Crippen molar-refractivity contribution >= 4 is 62.1 Å². The molecule has 2 nitrogen and oxygen atoms in total. The van der Waals surface area contributed by atoms with Crippen LogP contribution in [0.15, 0.2) is 34.8 Å². The van der Waals surface area contributed by atoms with Gasteiger partial charge in [0, 0.05) is 10.2 Å². The van der Waals surface area contributed by atoms with E-state index in [-0.39, 0.29) is 5.91 Å². The zero-order valence-corrected chi connectivity index (χ0v) is 12.3. The van der Waals surface area contributed by atoms with Gasteiger partial charge in [0.05, 0.1) is 14.2 Å². The van der Waals surface area contributed by atoms with Crippen molar-refractivity contribution in [2.45, 2.75) is 0 Å². The summed E-state index contributed by atoms with van der Waals surface area (Å²) in [6, 6.07) is 8.60. The Bertz CT molecular complexity index is 570. The van der Waals surface area contributed by atoms with Crippen molar-refractivity contribution in [3.63, 3.8) is 0 Å². The fraction of sp³-hybridized carbons (Fsp3) is 0. The van der Waals surface area contributed by atoms with Crippen molar-refractivity contribution in [3.8, 4) is 0 Å². The molecule has 1 aromatic carbocycles. The lowest BCUT2D eigenvalue weighted by Gasteiger charge is -2.04. The van der Waals surface area contributed by atoms with Gasteiger partial charge in [-0.25, -0.2) is 0 Å². The van der Waals surface area contributed by atoms with Gasteiger partial charge in [-0.05, 0) is 46.3 Å². The minimum absolute atomic E-state index is 0.194. The lowest BCUT2D eigenvalue weighted by molar-refractivity contribution is 0.103. The molecule has 0 saturated heterocycles. The van der Waals surface area contributed by atoms with E-state index in [0.29, 0.717) is 19.9 Å². The number of amides is 1. The highest BCUT2D eigenvalue weighted by atomic mass is 79.9. The van der Waals surface area contributed by atoms with Crippen molar-refractivity contribution in [1.82, 2.24) is 0 Å². The molecule has 0 spiro atoms. The number of carbonyl (C=O) groups is 1. The van der Waals surface area contributed by atoms with Gasteiger partial charge in [-0.1, -0.05) is 23.2 Å². The van der Waals surface area contributed by atoms with Crippen LogP contribution in [0, 0.1) is 0 Å². The lowest BCUT2D eigenvalue weighted by Crippen LogP contribution is -2.09. The number of benzene rings is 1. The first kappa shape index (κ1) is 12.9. The lowest BCUT2D eigenvalue weighted by atomic mass is 10.3. The van der Waals surface area contributed by atoms with E-state index in [9.17, 15) is 4.79 Å². The third-order valence-corrected chi connectivity index (χ3v) is 4.44. The highest BCUT2D eigenvalue weighted by Crippen LogP contribution is 2.27. The first-order chi connectivity index (χ1) is 8.06. The number of nitrogens with one attached hydrogen (secondary N) is 1. The third kappa shape index (κ3) is 3.22. The summed E-state index contributed by atoms with van der Waals surface area (Å²) in [5, 5.41) is 3.30. The summed E-state index contributed by atoms with van der Waals surface area (Å²) in [6.45, 7) is 0. The number of carbonyl (C=O) groups excluding carboxylic acids is 1. The van der Waals surface area contributed by atoms with Crippen molar-refractivity contribution < 1.29 is 4.79 Å². The van der Waals surface area contributed by atoms with Crippen LogP contribution in [0.3, 0.4) is 0 Å². The number of thiophene rings is 1. The average molecular weight is 351 g/mol. The van der Waals surface area contributed by atoms with Gasteiger partial charge >= 0.3 is 0 Å². The molecule has 6 heteroatoms. The quantitative estimate of drug-likeness (QED) is 0.804. The fourth-order valence-electron chi connectivity index (χ4n) is 1.20. The van der Waals surface area contributed by atoms with Crippen LogP contribution in [0.1, 0.15) is 9.67 Å². The van der Waals surface area contributed by atoms with Crippen LogP contribution in [0.2, 0.25) is 9.36 Å². The van der Waals surface area contributed by atoms with E-state index in [2.05, 4.69) is 21.2 Å². The van der Waals surface area contributed by atoms with Gasteiger partial charge in [0.2, 0.25) is 0 Å². The molecule has 0 aliphatic carbocycles. The Labute approximate surface area is 121 Å². The van der Waals surface area contributed by atoms with E-state index in [0.717, 1.165) is 4.47 Å². The largest absolute Gasteiger partial charge is 0.321 e. The predicted molar refractivity (Wildman–Crippen MR) is 76.4 cm³/mol. The van der Waals surface area contributed by atoms with Gasteiger partial charge in [-0.2, -0.15) is 0 Å². The van der Waals surface area contributed by atoms with Gasteiger partial charge < -0.3 is 5.32 Å². The summed E-state index contributed by atoms with van der Waals surface area (Å²) >= 11 is 16.2. The zero-order chi connectivity index (χ0) is 12.4. The van der Waals surface area contributed by atoms with E-state index >= 15 is 0 Å². The second-order valence-corrected chi connectivity index (χ2v) is 6.16. The topological polar surface area (TPSA) is 29.1 Å². The molecule has 88 valence electrons. The molecule has 0 atom stereocenters. The molecule has 0 unspecified atom stereocenters. The van der Waals surface area contributed by atoms with Crippen LogP contribution in [0.4, 0.5) is 5.69 Å². The van der Waals surface area contributed by atoms with Crippen LogP contribution in [-0.4, -0.2) is 5.91 Å². The zero-order valence-electron chi connectivity index (χ0n) is 8.34.